The summed E-state index contributed by atoms with van der Waals surface area (Å²) in [6, 6.07) is 4.38. The van der Waals surface area contributed by atoms with Crippen molar-refractivity contribution >= 4 is 15.9 Å². The van der Waals surface area contributed by atoms with Gasteiger partial charge in [0, 0.05) is 12.1 Å². The second kappa shape index (κ2) is 5.15. The molecule has 0 heterocycles. The van der Waals surface area contributed by atoms with E-state index in [1.165, 1.54) is 18.2 Å². The Morgan fingerprint density at radius 3 is 2.65 bits per heavy atom. The van der Waals surface area contributed by atoms with Gasteiger partial charge in [0.15, 0.2) is 0 Å². The van der Waals surface area contributed by atoms with E-state index in [9.17, 15) is 18.3 Å². The van der Waals surface area contributed by atoms with Crippen molar-refractivity contribution < 1.29 is 18.3 Å². The average molecular weight is 258 g/mol. The molecule has 0 saturated heterocycles. The van der Waals surface area contributed by atoms with Crippen molar-refractivity contribution in [2.24, 2.45) is 5.14 Å². The number of rotatable bonds is 4. The minimum atomic E-state index is -3.57. The molecular formula is C10H14N2O4S. The van der Waals surface area contributed by atoms with E-state index < -0.39 is 15.9 Å². The number of aryl methyl sites for hydroxylation is 1. The van der Waals surface area contributed by atoms with Gasteiger partial charge in [0.2, 0.25) is 10.0 Å². The van der Waals surface area contributed by atoms with Crippen LogP contribution < -0.4 is 10.5 Å². The van der Waals surface area contributed by atoms with E-state index in [2.05, 4.69) is 5.32 Å². The van der Waals surface area contributed by atoms with Gasteiger partial charge in [-0.05, 0) is 30.7 Å². The average Bonchev–Trinajstić information content (AvgIpc) is 2.20. The molecule has 0 radical (unpaired) electrons. The predicted molar refractivity (Wildman–Crippen MR) is 63.2 cm³/mol. The molecule has 0 aromatic heterocycles. The first-order chi connectivity index (χ1) is 7.79. The van der Waals surface area contributed by atoms with Crippen LogP contribution in [0.25, 0.3) is 0 Å². The number of nitrogens with two attached hydrogens (primary N) is 1. The Morgan fingerprint density at radius 2 is 2.12 bits per heavy atom. The summed E-state index contributed by atoms with van der Waals surface area (Å²) in [4.78, 5) is 11.6. The fourth-order valence-electron chi connectivity index (χ4n) is 1.21. The number of amides is 1. The molecule has 0 atom stereocenters. The Kier molecular flexibility index (Phi) is 4.08. The van der Waals surface area contributed by atoms with Gasteiger partial charge in [-0.25, -0.2) is 13.6 Å². The van der Waals surface area contributed by atoms with Gasteiger partial charge in [-0.2, -0.15) is 0 Å². The zero-order valence-electron chi connectivity index (χ0n) is 9.30. The van der Waals surface area contributed by atoms with Crippen molar-refractivity contribution in [3.8, 4) is 5.75 Å². The molecule has 0 bridgehead atoms. The van der Waals surface area contributed by atoms with Crippen LogP contribution in [0.1, 0.15) is 15.9 Å². The van der Waals surface area contributed by atoms with E-state index in [0.29, 0.717) is 11.1 Å². The molecule has 1 aromatic carbocycles. The van der Waals surface area contributed by atoms with E-state index in [1.54, 1.807) is 6.92 Å². The first-order valence-electron chi connectivity index (χ1n) is 4.88. The molecule has 1 aromatic rings. The SMILES string of the molecule is Cc1cc(C(=O)NCCS(N)(=O)=O)ccc1O. The van der Waals surface area contributed by atoms with Crippen LogP contribution in [-0.2, 0) is 10.0 Å². The second-order valence-corrected chi connectivity index (χ2v) is 5.36. The molecule has 0 saturated carbocycles. The van der Waals surface area contributed by atoms with Crippen LogP contribution >= 0.6 is 0 Å². The molecule has 0 spiro atoms. The van der Waals surface area contributed by atoms with Gasteiger partial charge in [-0.1, -0.05) is 0 Å². The van der Waals surface area contributed by atoms with E-state index in [-0.39, 0.29) is 18.0 Å². The van der Waals surface area contributed by atoms with Crippen molar-refractivity contribution in [3.63, 3.8) is 0 Å². The Balaban J connectivity index is 2.61. The van der Waals surface area contributed by atoms with Gasteiger partial charge >= 0.3 is 0 Å². The van der Waals surface area contributed by atoms with Gasteiger partial charge in [-0.3, -0.25) is 4.79 Å². The number of hydrogen-bond donors (Lipinski definition) is 3. The summed E-state index contributed by atoms with van der Waals surface area (Å²) in [6.45, 7) is 1.62. The highest BCUT2D eigenvalue weighted by Crippen LogP contribution is 2.16. The number of benzene rings is 1. The molecule has 17 heavy (non-hydrogen) atoms. The minimum absolute atomic E-state index is 0.0441. The summed E-state index contributed by atoms with van der Waals surface area (Å²) in [5.41, 5.74) is 0.929. The first kappa shape index (κ1) is 13.5. The van der Waals surface area contributed by atoms with E-state index >= 15 is 0 Å². The van der Waals surface area contributed by atoms with Gasteiger partial charge in [0.05, 0.1) is 5.75 Å². The maximum Gasteiger partial charge on any atom is 0.251 e. The third kappa shape index (κ3) is 4.41. The number of primary sulfonamides is 1. The number of carbonyl (C=O) groups excluding carboxylic acids is 1. The molecule has 94 valence electrons. The zero-order valence-corrected chi connectivity index (χ0v) is 10.1. The Hall–Kier alpha value is -1.60. The highest BCUT2D eigenvalue weighted by atomic mass is 32.2. The maximum absolute atomic E-state index is 11.6. The van der Waals surface area contributed by atoms with Crippen LogP contribution in [0, 0.1) is 6.92 Å². The molecule has 4 N–H and O–H groups in total. The number of phenolic OH excluding ortho intramolecular Hbond substituents is 1. The highest BCUT2D eigenvalue weighted by Gasteiger charge is 2.08. The summed E-state index contributed by atoms with van der Waals surface area (Å²) < 4.78 is 21.3. The smallest absolute Gasteiger partial charge is 0.251 e. The van der Waals surface area contributed by atoms with Crippen molar-refractivity contribution in [1.29, 1.82) is 0 Å². The molecule has 1 amide bonds. The maximum atomic E-state index is 11.6. The molecule has 0 aliphatic carbocycles. The molecule has 0 unspecified atom stereocenters. The molecule has 0 aliphatic rings. The molecule has 0 fully saturated rings. The third-order valence-corrected chi connectivity index (χ3v) is 2.90. The summed E-state index contributed by atoms with van der Waals surface area (Å²) in [5.74, 6) is -0.613. The minimum Gasteiger partial charge on any atom is -0.508 e. The van der Waals surface area contributed by atoms with E-state index in [0.717, 1.165) is 0 Å². The van der Waals surface area contributed by atoms with Crippen LogP contribution in [0.2, 0.25) is 0 Å². The second-order valence-electron chi connectivity index (χ2n) is 3.62. The van der Waals surface area contributed by atoms with Crippen LogP contribution in [0.4, 0.5) is 0 Å². The van der Waals surface area contributed by atoms with E-state index in [4.69, 9.17) is 5.14 Å². The summed E-state index contributed by atoms with van der Waals surface area (Å²) in [7, 11) is -3.57. The van der Waals surface area contributed by atoms with Crippen molar-refractivity contribution in [2.45, 2.75) is 6.92 Å². The molecule has 7 heteroatoms. The lowest BCUT2D eigenvalue weighted by Gasteiger charge is -2.05. The number of phenols is 1. The predicted octanol–water partition coefficient (Wildman–Crippen LogP) is -0.281. The summed E-state index contributed by atoms with van der Waals surface area (Å²) >= 11 is 0. The van der Waals surface area contributed by atoms with Gasteiger partial charge in [-0.15, -0.1) is 0 Å². The van der Waals surface area contributed by atoms with Gasteiger partial charge < -0.3 is 10.4 Å². The monoisotopic (exact) mass is 258 g/mol. The highest BCUT2D eigenvalue weighted by molar-refractivity contribution is 7.89. The number of sulfonamides is 1. The van der Waals surface area contributed by atoms with Crippen molar-refractivity contribution in [1.82, 2.24) is 5.32 Å². The standard InChI is InChI=1S/C10H14N2O4S/c1-7-6-8(2-3-9(7)13)10(14)12-4-5-17(11,15)16/h2-3,6,13H,4-5H2,1H3,(H,12,14)(H2,11,15,16). The number of aromatic hydroxyl groups is 1. The summed E-state index contributed by atoms with van der Waals surface area (Å²) in [6.07, 6.45) is 0. The number of nitrogens with one attached hydrogen (secondary N) is 1. The van der Waals surface area contributed by atoms with Crippen LogP contribution in [-0.4, -0.2) is 31.7 Å². The van der Waals surface area contributed by atoms with Crippen molar-refractivity contribution in [3.05, 3.63) is 29.3 Å². The molecular weight excluding hydrogens is 244 g/mol. The topological polar surface area (TPSA) is 109 Å². The number of hydrogen-bond acceptors (Lipinski definition) is 4. The van der Waals surface area contributed by atoms with Crippen molar-refractivity contribution in [2.75, 3.05) is 12.3 Å². The lowest BCUT2D eigenvalue weighted by Crippen LogP contribution is -2.31. The van der Waals surface area contributed by atoms with Crippen LogP contribution in [0.15, 0.2) is 18.2 Å². The molecule has 6 nitrogen and oxygen atoms in total. The molecule has 1 rings (SSSR count). The lowest BCUT2D eigenvalue weighted by molar-refractivity contribution is 0.0956. The van der Waals surface area contributed by atoms with Gasteiger partial charge in [0.1, 0.15) is 5.75 Å². The number of carbonyl (C=O) groups is 1. The first-order valence-corrected chi connectivity index (χ1v) is 6.59. The fraction of sp³-hybridized carbons (Fsp3) is 0.300. The zero-order chi connectivity index (χ0) is 13.1. The third-order valence-electron chi connectivity index (χ3n) is 2.13. The molecule has 0 aliphatic heterocycles. The fourth-order valence-corrected chi connectivity index (χ4v) is 1.59. The lowest BCUT2D eigenvalue weighted by atomic mass is 10.1. The van der Waals surface area contributed by atoms with Gasteiger partial charge in [0.25, 0.3) is 5.91 Å². The van der Waals surface area contributed by atoms with Crippen LogP contribution in [0.3, 0.4) is 0 Å². The normalized spacial score (nSPS) is 11.2. The summed E-state index contributed by atoms with van der Waals surface area (Å²) in [5, 5.41) is 16.5. The Morgan fingerprint density at radius 1 is 1.47 bits per heavy atom. The largest absolute Gasteiger partial charge is 0.508 e. The Labute approximate surface area is 99.5 Å². The van der Waals surface area contributed by atoms with E-state index in [1.807, 2.05) is 0 Å². The Bertz CT molecular complexity index is 525. The van der Waals surface area contributed by atoms with Crippen LogP contribution in [0.5, 0.6) is 5.75 Å². The quantitative estimate of drug-likeness (QED) is 0.689.